The normalized spacial score (nSPS) is 26.5. The standard InChI is InChI=1S/C10H21NO/c1-10(2,3)8-11-6-4-5-9(11)7-12/h9,12H,4-8H2,1-3H3. The molecule has 2 nitrogen and oxygen atoms in total. The molecule has 72 valence electrons. The summed E-state index contributed by atoms with van der Waals surface area (Å²) in [6, 6.07) is 0.434. The van der Waals surface area contributed by atoms with E-state index in [9.17, 15) is 0 Å². The molecule has 0 radical (unpaired) electrons. The third-order valence-electron chi connectivity index (χ3n) is 2.39. The SMILES string of the molecule is CC(C)(C)CN1CCCC1CO. The van der Waals surface area contributed by atoms with E-state index in [4.69, 9.17) is 5.11 Å². The van der Waals surface area contributed by atoms with Crippen molar-refractivity contribution in [2.45, 2.75) is 39.7 Å². The molecule has 0 aromatic carbocycles. The molecule has 1 unspecified atom stereocenters. The summed E-state index contributed by atoms with van der Waals surface area (Å²) in [4.78, 5) is 2.42. The molecule has 1 aliphatic heterocycles. The third-order valence-corrected chi connectivity index (χ3v) is 2.39. The first-order valence-corrected chi connectivity index (χ1v) is 4.88. The smallest absolute Gasteiger partial charge is 0.0586 e. The maximum Gasteiger partial charge on any atom is 0.0586 e. The summed E-state index contributed by atoms with van der Waals surface area (Å²) in [6.07, 6.45) is 2.42. The van der Waals surface area contributed by atoms with Crippen LogP contribution < -0.4 is 0 Å². The predicted octanol–water partition coefficient (Wildman–Crippen LogP) is 1.49. The number of hydrogen-bond donors (Lipinski definition) is 1. The van der Waals surface area contributed by atoms with Gasteiger partial charge in [0.2, 0.25) is 0 Å². The largest absolute Gasteiger partial charge is 0.395 e. The van der Waals surface area contributed by atoms with Crippen LogP contribution in [0.5, 0.6) is 0 Å². The molecular formula is C10H21NO. The van der Waals surface area contributed by atoms with Crippen molar-refractivity contribution in [2.24, 2.45) is 5.41 Å². The van der Waals surface area contributed by atoms with Gasteiger partial charge in [0.15, 0.2) is 0 Å². The zero-order chi connectivity index (χ0) is 9.19. The average Bonchev–Trinajstić information content (AvgIpc) is 2.31. The Kier molecular flexibility index (Phi) is 3.13. The second kappa shape index (κ2) is 3.75. The number of rotatable bonds is 2. The van der Waals surface area contributed by atoms with E-state index in [1.54, 1.807) is 0 Å². The second-order valence-corrected chi connectivity index (χ2v) is 5.01. The van der Waals surface area contributed by atoms with Crippen LogP contribution in [0.25, 0.3) is 0 Å². The fraction of sp³-hybridized carbons (Fsp3) is 1.00. The van der Waals surface area contributed by atoms with Gasteiger partial charge in [0.1, 0.15) is 0 Å². The van der Waals surface area contributed by atoms with Crippen molar-refractivity contribution in [3.8, 4) is 0 Å². The van der Waals surface area contributed by atoms with Gasteiger partial charge in [0.25, 0.3) is 0 Å². The Bertz CT molecular complexity index is 139. The molecule has 1 rings (SSSR count). The van der Waals surface area contributed by atoms with Crippen molar-refractivity contribution in [3.05, 3.63) is 0 Å². The first kappa shape index (κ1) is 10.0. The van der Waals surface area contributed by atoms with Crippen molar-refractivity contribution in [2.75, 3.05) is 19.7 Å². The van der Waals surface area contributed by atoms with Gasteiger partial charge >= 0.3 is 0 Å². The van der Waals surface area contributed by atoms with Gasteiger partial charge in [0, 0.05) is 12.6 Å². The molecule has 0 amide bonds. The summed E-state index contributed by atoms with van der Waals surface area (Å²) in [5.41, 5.74) is 0.359. The van der Waals surface area contributed by atoms with Gasteiger partial charge in [0.05, 0.1) is 6.61 Å². The summed E-state index contributed by atoms with van der Waals surface area (Å²) in [6.45, 7) is 9.36. The molecule has 12 heavy (non-hydrogen) atoms. The number of likely N-dealkylation sites (tertiary alicyclic amines) is 1. The van der Waals surface area contributed by atoms with Crippen LogP contribution in [0, 0.1) is 5.41 Å². The summed E-state index contributed by atoms with van der Waals surface area (Å²) >= 11 is 0. The lowest BCUT2D eigenvalue weighted by Gasteiger charge is -2.30. The zero-order valence-electron chi connectivity index (χ0n) is 8.51. The summed E-state index contributed by atoms with van der Waals surface area (Å²) in [5.74, 6) is 0. The number of aliphatic hydroxyl groups is 1. The molecule has 0 saturated carbocycles. The van der Waals surface area contributed by atoms with Crippen LogP contribution in [0.1, 0.15) is 33.6 Å². The number of aliphatic hydroxyl groups excluding tert-OH is 1. The maximum atomic E-state index is 9.09. The summed E-state index contributed by atoms with van der Waals surface area (Å²) in [7, 11) is 0. The third kappa shape index (κ3) is 2.76. The maximum absolute atomic E-state index is 9.09. The van der Waals surface area contributed by atoms with Gasteiger partial charge in [-0.15, -0.1) is 0 Å². The molecule has 0 aromatic rings. The van der Waals surface area contributed by atoms with E-state index < -0.39 is 0 Å². The molecule has 0 aromatic heterocycles. The van der Waals surface area contributed by atoms with Crippen LogP contribution in [0.2, 0.25) is 0 Å². The van der Waals surface area contributed by atoms with Crippen LogP contribution in [0.3, 0.4) is 0 Å². The highest BCUT2D eigenvalue weighted by Gasteiger charge is 2.26. The van der Waals surface area contributed by atoms with Gasteiger partial charge < -0.3 is 5.11 Å². The van der Waals surface area contributed by atoms with E-state index in [-0.39, 0.29) is 0 Å². The van der Waals surface area contributed by atoms with E-state index in [1.165, 1.54) is 19.4 Å². The van der Waals surface area contributed by atoms with E-state index in [0.717, 1.165) is 6.54 Å². The minimum Gasteiger partial charge on any atom is -0.395 e. The van der Waals surface area contributed by atoms with Crippen LogP contribution in [0.15, 0.2) is 0 Å². The molecule has 2 heteroatoms. The quantitative estimate of drug-likeness (QED) is 0.680. The molecule has 1 N–H and O–H groups in total. The van der Waals surface area contributed by atoms with Gasteiger partial charge in [-0.3, -0.25) is 4.90 Å². The molecule has 0 spiro atoms. The average molecular weight is 171 g/mol. The minimum absolute atomic E-state index is 0.329. The van der Waals surface area contributed by atoms with Crippen molar-refractivity contribution in [1.82, 2.24) is 4.90 Å². The Labute approximate surface area is 75.6 Å². The van der Waals surface area contributed by atoms with Gasteiger partial charge in [-0.2, -0.15) is 0 Å². The van der Waals surface area contributed by atoms with E-state index >= 15 is 0 Å². The van der Waals surface area contributed by atoms with Crippen LogP contribution >= 0.6 is 0 Å². The molecular weight excluding hydrogens is 150 g/mol. The van der Waals surface area contributed by atoms with Crippen molar-refractivity contribution in [3.63, 3.8) is 0 Å². The van der Waals surface area contributed by atoms with Gasteiger partial charge in [-0.1, -0.05) is 20.8 Å². The minimum atomic E-state index is 0.329. The molecule has 0 aliphatic carbocycles. The fourth-order valence-electron chi connectivity index (χ4n) is 1.92. The topological polar surface area (TPSA) is 23.5 Å². The predicted molar refractivity (Wildman–Crippen MR) is 51.1 cm³/mol. The fourth-order valence-corrected chi connectivity index (χ4v) is 1.92. The molecule has 1 saturated heterocycles. The highest BCUT2D eigenvalue weighted by molar-refractivity contribution is 4.81. The zero-order valence-corrected chi connectivity index (χ0v) is 8.51. The monoisotopic (exact) mass is 171 g/mol. The van der Waals surface area contributed by atoms with Crippen LogP contribution in [-0.2, 0) is 0 Å². The highest BCUT2D eigenvalue weighted by atomic mass is 16.3. The van der Waals surface area contributed by atoms with E-state index in [2.05, 4.69) is 25.7 Å². The Hall–Kier alpha value is -0.0800. The van der Waals surface area contributed by atoms with Gasteiger partial charge in [-0.05, 0) is 24.8 Å². The molecule has 1 aliphatic rings. The molecule has 0 bridgehead atoms. The highest BCUT2D eigenvalue weighted by Crippen LogP contribution is 2.23. The number of nitrogens with zero attached hydrogens (tertiary/aromatic N) is 1. The molecule has 1 fully saturated rings. The Morgan fingerprint density at radius 3 is 2.58 bits per heavy atom. The van der Waals surface area contributed by atoms with Crippen LogP contribution in [-0.4, -0.2) is 35.7 Å². The van der Waals surface area contributed by atoms with Gasteiger partial charge in [-0.25, -0.2) is 0 Å². The van der Waals surface area contributed by atoms with E-state index in [1.807, 2.05) is 0 Å². The molecule has 1 atom stereocenters. The Balaban J connectivity index is 2.41. The lowest BCUT2D eigenvalue weighted by Crippen LogP contribution is -2.38. The second-order valence-electron chi connectivity index (χ2n) is 5.01. The van der Waals surface area contributed by atoms with Crippen molar-refractivity contribution >= 4 is 0 Å². The first-order valence-electron chi connectivity index (χ1n) is 4.88. The van der Waals surface area contributed by atoms with Crippen LogP contribution in [0.4, 0.5) is 0 Å². The lowest BCUT2D eigenvalue weighted by molar-refractivity contribution is 0.124. The van der Waals surface area contributed by atoms with E-state index in [0.29, 0.717) is 18.1 Å². The summed E-state index contributed by atoms with van der Waals surface area (Å²) < 4.78 is 0. The van der Waals surface area contributed by atoms with Crippen molar-refractivity contribution in [1.29, 1.82) is 0 Å². The Morgan fingerprint density at radius 1 is 1.42 bits per heavy atom. The number of hydrogen-bond acceptors (Lipinski definition) is 2. The first-order chi connectivity index (χ1) is 5.53. The lowest BCUT2D eigenvalue weighted by atomic mass is 9.96. The Morgan fingerprint density at radius 2 is 2.08 bits per heavy atom. The molecule has 1 heterocycles. The van der Waals surface area contributed by atoms with Crippen molar-refractivity contribution < 1.29 is 5.11 Å². The summed E-state index contributed by atoms with van der Waals surface area (Å²) in [5, 5.41) is 9.09.